The summed E-state index contributed by atoms with van der Waals surface area (Å²) in [5.41, 5.74) is 0. The molecule has 2 nitrogen and oxygen atoms in total. The van der Waals surface area contributed by atoms with Crippen LogP contribution in [0.1, 0.15) is 52.9 Å². The normalized spacial score (nSPS) is 15.7. The number of unbranched alkanes of at least 4 members (excludes halogenated alkanes) is 4. The smallest absolute Gasteiger partial charge is 0.0662 e. The van der Waals surface area contributed by atoms with Crippen LogP contribution in [0.5, 0.6) is 0 Å². The summed E-state index contributed by atoms with van der Waals surface area (Å²) in [5.74, 6) is 0. The lowest BCUT2D eigenvalue weighted by molar-refractivity contribution is 0.152. The molecule has 0 bridgehead atoms. The van der Waals surface area contributed by atoms with Crippen molar-refractivity contribution in [1.29, 1.82) is 0 Å². The van der Waals surface area contributed by atoms with Crippen molar-refractivity contribution >= 4 is 0 Å². The Morgan fingerprint density at radius 2 is 1.69 bits per heavy atom. The molecule has 0 aromatic heterocycles. The van der Waals surface area contributed by atoms with Crippen LogP contribution in [0, 0.1) is 0 Å². The molecule has 0 rings (SSSR count). The molecule has 0 saturated heterocycles. The van der Waals surface area contributed by atoms with E-state index in [1.807, 2.05) is 13.8 Å². The second-order valence-corrected chi connectivity index (χ2v) is 3.90. The van der Waals surface area contributed by atoms with Crippen LogP contribution in [0.2, 0.25) is 0 Å². The van der Waals surface area contributed by atoms with Gasteiger partial charge in [-0.2, -0.15) is 0 Å². The number of hydrogen-bond acceptors (Lipinski definition) is 2. The van der Waals surface area contributed by atoms with Gasteiger partial charge in [-0.15, -0.1) is 0 Å². The number of aliphatic hydroxyl groups excluding tert-OH is 1. The molecule has 0 aliphatic rings. The predicted octanol–water partition coefficient (Wildman–Crippen LogP) is 2.32. The first kappa shape index (κ1) is 12.9. The fraction of sp³-hybridized carbons (Fsp3) is 1.00. The molecule has 2 atom stereocenters. The largest absolute Gasteiger partial charge is 0.392 e. The van der Waals surface area contributed by atoms with Crippen LogP contribution in [0.25, 0.3) is 0 Å². The molecule has 0 radical (unpaired) electrons. The standard InChI is InChI=1S/C11H25NO/c1-4-5-6-7-8-9-12-10(2)11(3)13/h10-13H,4-9H2,1-3H3. The average molecular weight is 187 g/mol. The van der Waals surface area contributed by atoms with Crippen LogP contribution >= 0.6 is 0 Å². The van der Waals surface area contributed by atoms with Gasteiger partial charge in [0.25, 0.3) is 0 Å². The lowest BCUT2D eigenvalue weighted by atomic mass is 10.1. The van der Waals surface area contributed by atoms with Gasteiger partial charge in [0.15, 0.2) is 0 Å². The average Bonchev–Trinajstić information content (AvgIpc) is 2.10. The van der Waals surface area contributed by atoms with Crippen LogP contribution in [0.3, 0.4) is 0 Å². The SMILES string of the molecule is CCCCCCCNC(C)C(C)O. The Kier molecular flexibility index (Phi) is 8.46. The Hall–Kier alpha value is -0.0800. The quantitative estimate of drug-likeness (QED) is 0.572. The third kappa shape index (κ3) is 8.26. The second kappa shape index (κ2) is 8.52. The van der Waals surface area contributed by atoms with Gasteiger partial charge in [0.1, 0.15) is 0 Å². The first-order valence-corrected chi connectivity index (χ1v) is 5.60. The topological polar surface area (TPSA) is 32.3 Å². The first-order chi connectivity index (χ1) is 6.18. The Morgan fingerprint density at radius 1 is 1.08 bits per heavy atom. The van der Waals surface area contributed by atoms with Crippen molar-refractivity contribution in [2.45, 2.75) is 65.0 Å². The van der Waals surface area contributed by atoms with Crippen LogP contribution in [0.4, 0.5) is 0 Å². The van der Waals surface area contributed by atoms with Crippen molar-refractivity contribution in [2.24, 2.45) is 0 Å². The molecule has 80 valence electrons. The highest BCUT2D eigenvalue weighted by atomic mass is 16.3. The minimum Gasteiger partial charge on any atom is -0.392 e. The molecule has 0 aromatic rings. The predicted molar refractivity (Wildman–Crippen MR) is 57.9 cm³/mol. The van der Waals surface area contributed by atoms with Crippen LogP contribution in [-0.2, 0) is 0 Å². The summed E-state index contributed by atoms with van der Waals surface area (Å²) in [4.78, 5) is 0. The molecule has 0 spiro atoms. The summed E-state index contributed by atoms with van der Waals surface area (Å²) in [5, 5.41) is 12.5. The molecule has 13 heavy (non-hydrogen) atoms. The van der Waals surface area contributed by atoms with E-state index in [0.29, 0.717) is 0 Å². The Balaban J connectivity index is 3.07. The summed E-state index contributed by atoms with van der Waals surface area (Å²) < 4.78 is 0. The lowest BCUT2D eigenvalue weighted by Gasteiger charge is -2.16. The monoisotopic (exact) mass is 187 g/mol. The second-order valence-electron chi connectivity index (χ2n) is 3.90. The number of aliphatic hydroxyl groups is 1. The molecule has 2 N–H and O–H groups in total. The Bertz CT molecular complexity index is 104. The molecule has 0 aliphatic carbocycles. The Morgan fingerprint density at radius 3 is 2.23 bits per heavy atom. The van der Waals surface area contributed by atoms with Crippen molar-refractivity contribution in [3.05, 3.63) is 0 Å². The fourth-order valence-corrected chi connectivity index (χ4v) is 1.23. The van der Waals surface area contributed by atoms with Gasteiger partial charge in [0.2, 0.25) is 0 Å². The van der Waals surface area contributed by atoms with E-state index in [4.69, 9.17) is 0 Å². The highest BCUT2D eigenvalue weighted by Crippen LogP contribution is 2.01. The van der Waals surface area contributed by atoms with E-state index in [9.17, 15) is 5.11 Å². The molecule has 0 amide bonds. The molecule has 2 unspecified atom stereocenters. The number of nitrogens with one attached hydrogen (secondary N) is 1. The Labute approximate surface area is 82.7 Å². The van der Waals surface area contributed by atoms with E-state index in [2.05, 4.69) is 12.2 Å². The van der Waals surface area contributed by atoms with Crippen molar-refractivity contribution in [3.63, 3.8) is 0 Å². The summed E-state index contributed by atoms with van der Waals surface area (Å²) in [6.07, 6.45) is 6.31. The third-order valence-electron chi connectivity index (χ3n) is 2.47. The maximum atomic E-state index is 9.20. The summed E-state index contributed by atoms with van der Waals surface area (Å²) in [6, 6.07) is 0.228. The first-order valence-electron chi connectivity index (χ1n) is 5.60. The van der Waals surface area contributed by atoms with E-state index in [-0.39, 0.29) is 12.1 Å². The van der Waals surface area contributed by atoms with Crippen molar-refractivity contribution in [2.75, 3.05) is 6.54 Å². The summed E-state index contributed by atoms with van der Waals surface area (Å²) in [6.45, 7) is 7.12. The van der Waals surface area contributed by atoms with Crippen LogP contribution in [0.15, 0.2) is 0 Å². The lowest BCUT2D eigenvalue weighted by Crippen LogP contribution is -2.35. The zero-order valence-electron chi connectivity index (χ0n) is 9.34. The van der Waals surface area contributed by atoms with Gasteiger partial charge in [-0.25, -0.2) is 0 Å². The van der Waals surface area contributed by atoms with Gasteiger partial charge in [0.05, 0.1) is 6.10 Å². The van der Waals surface area contributed by atoms with Crippen molar-refractivity contribution in [1.82, 2.24) is 5.32 Å². The van der Waals surface area contributed by atoms with Crippen LogP contribution < -0.4 is 5.32 Å². The molecule has 0 saturated carbocycles. The fourth-order valence-electron chi connectivity index (χ4n) is 1.23. The number of rotatable bonds is 8. The van der Waals surface area contributed by atoms with E-state index in [1.165, 1.54) is 32.1 Å². The van der Waals surface area contributed by atoms with E-state index < -0.39 is 0 Å². The molecule has 2 heteroatoms. The van der Waals surface area contributed by atoms with Gasteiger partial charge >= 0.3 is 0 Å². The van der Waals surface area contributed by atoms with E-state index in [0.717, 1.165) is 6.54 Å². The van der Waals surface area contributed by atoms with Crippen molar-refractivity contribution < 1.29 is 5.11 Å². The van der Waals surface area contributed by atoms with Gasteiger partial charge in [-0.05, 0) is 26.8 Å². The van der Waals surface area contributed by atoms with Gasteiger partial charge < -0.3 is 10.4 Å². The van der Waals surface area contributed by atoms with Gasteiger partial charge in [-0.3, -0.25) is 0 Å². The zero-order chi connectivity index (χ0) is 10.1. The van der Waals surface area contributed by atoms with E-state index in [1.54, 1.807) is 0 Å². The molecule has 0 fully saturated rings. The number of hydrogen-bond donors (Lipinski definition) is 2. The third-order valence-corrected chi connectivity index (χ3v) is 2.47. The maximum Gasteiger partial charge on any atom is 0.0662 e. The van der Waals surface area contributed by atoms with Crippen LogP contribution in [-0.4, -0.2) is 23.8 Å². The van der Waals surface area contributed by atoms with Gasteiger partial charge in [0, 0.05) is 6.04 Å². The zero-order valence-corrected chi connectivity index (χ0v) is 9.34. The molecule has 0 heterocycles. The minimum absolute atomic E-state index is 0.228. The molecular formula is C11H25NO. The highest BCUT2D eigenvalue weighted by Gasteiger charge is 2.05. The minimum atomic E-state index is -0.240. The van der Waals surface area contributed by atoms with Gasteiger partial charge in [-0.1, -0.05) is 32.6 Å². The molecular weight excluding hydrogens is 162 g/mol. The highest BCUT2D eigenvalue weighted by molar-refractivity contribution is 4.65. The maximum absolute atomic E-state index is 9.20. The summed E-state index contributed by atoms with van der Waals surface area (Å²) in [7, 11) is 0. The summed E-state index contributed by atoms with van der Waals surface area (Å²) >= 11 is 0. The molecule has 0 aromatic carbocycles. The van der Waals surface area contributed by atoms with E-state index >= 15 is 0 Å². The molecule has 0 aliphatic heterocycles. The van der Waals surface area contributed by atoms with Crippen molar-refractivity contribution in [3.8, 4) is 0 Å².